The molecule has 0 aliphatic rings. The molecule has 19 heavy (non-hydrogen) atoms. The van der Waals surface area contributed by atoms with Gasteiger partial charge in [0.1, 0.15) is 5.82 Å². The van der Waals surface area contributed by atoms with Gasteiger partial charge in [0, 0.05) is 30.8 Å². The van der Waals surface area contributed by atoms with Crippen LogP contribution in [0.4, 0.5) is 5.82 Å². The van der Waals surface area contributed by atoms with Crippen molar-refractivity contribution in [3.63, 3.8) is 0 Å². The molecular weight excluding hydrogens is 285 g/mol. The van der Waals surface area contributed by atoms with E-state index in [2.05, 4.69) is 15.3 Å². The van der Waals surface area contributed by atoms with Gasteiger partial charge in [-0.1, -0.05) is 23.2 Å². The molecule has 0 aliphatic heterocycles. The van der Waals surface area contributed by atoms with Gasteiger partial charge in [-0.05, 0) is 18.2 Å². The fourth-order valence-electron chi connectivity index (χ4n) is 1.64. The number of nitrogens with one attached hydrogen (secondary N) is 1. The second-order valence-electron chi connectivity index (χ2n) is 3.88. The van der Waals surface area contributed by atoms with Gasteiger partial charge in [0.2, 0.25) is 0 Å². The molecule has 6 heteroatoms. The Morgan fingerprint density at radius 1 is 1.21 bits per heavy atom. The number of benzene rings is 1. The zero-order valence-electron chi connectivity index (χ0n) is 10.6. The van der Waals surface area contributed by atoms with Crippen molar-refractivity contribution >= 4 is 29.0 Å². The van der Waals surface area contributed by atoms with Crippen molar-refractivity contribution < 1.29 is 4.74 Å². The number of rotatable bonds is 4. The van der Waals surface area contributed by atoms with Crippen LogP contribution in [0.5, 0.6) is 0 Å². The first-order chi connectivity index (χ1) is 9.13. The van der Waals surface area contributed by atoms with Crippen molar-refractivity contribution in [2.75, 3.05) is 19.5 Å². The van der Waals surface area contributed by atoms with Gasteiger partial charge in [0.25, 0.3) is 0 Å². The molecule has 4 nitrogen and oxygen atoms in total. The molecule has 0 unspecified atom stereocenters. The van der Waals surface area contributed by atoms with Crippen LogP contribution in [0.15, 0.2) is 24.3 Å². The third-order valence-corrected chi connectivity index (χ3v) is 3.06. The number of ether oxygens (including phenoxy) is 1. The van der Waals surface area contributed by atoms with Crippen molar-refractivity contribution in [2.24, 2.45) is 0 Å². The molecule has 0 amide bonds. The Balaban J connectivity index is 2.54. The summed E-state index contributed by atoms with van der Waals surface area (Å²) in [5, 5.41) is 4.13. The van der Waals surface area contributed by atoms with E-state index in [4.69, 9.17) is 27.9 Å². The van der Waals surface area contributed by atoms with Gasteiger partial charge in [0.05, 0.1) is 17.3 Å². The van der Waals surface area contributed by atoms with Gasteiger partial charge in [-0.2, -0.15) is 0 Å². The molecule has 1 aromatic carbocycles. The molecule has 0 fully saturated rings. The molecule has 100 valence electrons. The highest BCUT2D eigenvalue weighted by molar-refractivity contribution is 6.35. The summed E-state index contributed by atoms with van der Waals surface area (Å²) in [7, 11) is 3.41. The molecule has 0 bridgehead atoms. The second kappa shape index (κ2) is 6.19. The maximum Gasteiger partial charge on any atom is 0.163 e. The van der Waals surface area contributed by atoms with E-state index in [1.807, 2.05) is 6.07 Å². The lowest BCUT2D eigenvalue weighted by molar-refractivity contribution is 0.181. The van der Waals surface area contributed by atoms with E-state index in [0.717, 1.165) is 5.69 Å². The van der Waals surface area contributed by atoms with E-state index in [1.54, 1.807) is 32.4 Å². The number of hydrogen-bond donors (Lipinski definition) is 1. The third-order valence-electron chi connectivity index (χ3n) is 2.50. The quantitative estimate of drug-likeness (QED) is 0.936. The first-order valence-electron chi connectivity index (χ1n) is 5.64. The molecule has 2 rings (SSSR count). The number of methoxy groups -OCH3 is 1. The summed E-state index contributed by atoms with van der Waals surface area (Å²) in [4.78, 5) is 8.81. The first kappa shape index (κ1) is 14.1. The van der Waals surface area contributed by atoms with Gasteiger partial charge in [-0.3, -0.25) is 0 Å². The molecule has 2 aromatic rings. The molecule has 0 saturated carbocycles. The summed E-state index contributed by atoms with van der Waals surface area (Å²) in [6, 6.07) is 7.02. The van der Waals surface area contributed by atoms with Gasteiger partial charge in [-0.15, -0.1) is 0 Å². The molecule has 1 aromatic heterocycles. The van der Waals surface area contributed by atoms with Crippen LogP contribution in [0.3, 0.4) is 0 Å². The number of anilines is 1. The Hall–Kier alpha value is -1.36. The van der Waals surface area contributed by atoms with Crippen LogP contribution >= 0.6 is 23.2 Å². The largest absolute Gasteiger partial charge is 0.378 e. The number of hydrogen-bond acceptors (Lipinski definition) is 4. The maximum absolute atomic E-state index is 6.17. The van der Waals surface area contributed by atoms with Crippen LogP contribution in [0, 0.1) is 0 Å². The summed E-state index contributed by atoms with van der Waals surface area (Å²) in [6.45, 7) is 0.405. The van der Waals surface area contributed by atoms with Crippen LogP contribution in [-0.2, 0) is 11.3 Å². The summed E-state index contributed by atoms with van der Waals surface area (Å²) >= 11 is 12.2. The van der Waals surface area contributed by atoms with Gasteiger partial charge in [-0.25, -0.2) is 9.97 Å². The highest BCUT2D eigenvalue weighted by Gasteiger charge is 2.10. The van der Waals surface area contributed by atoms with Crippen molar-refractivity contribution in [1.82, 2.24) is 9.97 Å². The van der Waals surface area contributed by atoms with Crippen LogP contribution < -0.4 is 5.32 Å². The minimum Gasteiger partial charge on any atom is -0.378 e. The summed E-state index contributed by atoms with van der Waals surface area (Å²) < 4.78 is 5.10. The molecule has 1 N–H and O–H groups in total. The molecule has 0 aliphatic carbocycles. The lowest BCUT2D eigenvalue weighted by Crippen LogP contribution is -2.02. The van der Waals surface area contributed by atoms with Gasteiger partial charge >= 0.3 is 0 Å². The van der Waals surface area contributed by atoms with Gasteiger partial charge in [0.15, 0.2) is 5.82 Å². The van der Waals surface area contributed by atoms with Crippen molar-refractivity contribution in [2.45, 2.75) is 6.61 Å². The van der Waals surface area contributed by atoms with Crippen LogP contribution in [0.2, 0.25) is 10.0 Å². The zero-order chi connectivity index (χ0) is 13.8. The van der Waals surface area contributed by atoms with E-state index >= 15 is 0 Å². The number of halogens is 2. The molecule has 0 atom stereocenters. The van der Waals surface area contributed by atoms with E-state index in [9.17, 15) is 0 Å². The third kappa shape index (κ3) is 3.35. The normalized spacial score (nSPS) is 10.5. The predicted octanol–water partition coefficient (Wildman–Crippen LogP) is 3.64. The SMILES string of the molecule is CNc1cc(COC)nc(-c2cc(Cl)ccc2Cl)n1. The Bertz CT molecular complexity index is 590. The topological polar surface area (TPSA) is 47.0 Å². The molecule has 0 spiro atoms. The highest BCUT2D eigenvalue weighted by Crippen LogP contribution is 2.29. The fourth-order valence-corrected chi connectivity index (χ4v) is 2.01. The Labute approximate surface area is 121 Å². The van der Waals surface area contributed by atoms with Crippen LogP contribution in [0.25, 0.3) is 11.4 Å². The summed E-state index contributed by atoms with van der Waals surface area (Å²) in [6.07, 6.45) is 0. The monoisotopic (exact) mass is 297 g/mol. The van der Waals surface area contributed by atoms with Crippen molar-refractivity contribution in [3.05, 3.63) is 40.0 Å². The van der Waals surface area contributed by atoms with Crippen molar-refractivity contribution in [1.29, 1.82) is 0 Å². The van der Waals surface area contributed by atoms with E-state index in [1.165, 1.54) is 0 Å². The second-order valence-corrected chi connectivity index (χ2v) is 4.72. The first-order valence-corrected chi connectivity index (χ1v) is 6.39. The van der Waals surface area contributed by atoms with E-state index < -0.39 is 0 Å². The number of nitrogens with zero attached hydrogens (tertiary/aromatic N) is 2. The average Bonchev–Trinajstić information content (AvgIpc) is 2.41. The summed E-state index contributed by atoms with van der Waals surface area (Å²) in [5.41, 5.74) is 1.47. The lowest BCUT2D eigenvalue weighted by atomic mass is 10.2. The van der Waals surface area contributed by atoms with Gasteiger partial charge < -0.3 is 10.1 Å². The van der Waals surface area contributed by atoms with Crippen LogP contribution in [-0.4, -0.2) is 24.1 Å². The highest BCUT2D eigenvalue weighted by atomic mass is 35.5. The lowest BCUT2D eigenvalue weighted by Gasteiger charge is -2.09. The predicted molar refractivity (Wildman–Crippen MR) is 77.7 cm³/mol. The molecule has 0 saturated heterocycles. The van der Waals surface area contributed by atoms with E-state index in [-0.39, 0.29) is 0 Å². The average molecular weight is 298 g/mol. The minimum absolute atomic E-state index is 0.405. The van der Waals surface area contributed by atoms with E-state index in [0.29, 0.717) is 33.9 Å². The standard InChI is InChI=1S/C13H13Cl2N3O/c1-16-12-6-9(7-19-2)17-13(18-12)10-5-8(14)3-4-11(10)15/h3-6H,7H2,1-2H3,(H,16,17,18). The zero-order valence-corrected chi connectivity index (χ0v) is 12.1. The Morgan fingerprint density at radius 2 is 2.00 bits per heavy atom. The minimum atomic E-state index is 0.405. The molecule has 0 radical (unpaired) electrons. The fraction of sp³-hybridized carbons (Fsp3) is 0.231. The molecule has 1 heterocycles. The van der Waals surface area contributed by atoms with Crippen LogP contribution in [0.1, 0.15) is 5.69 Å². The Kier molecular flexibility index (Phi) is 4.58. The Morgan fingerprint density at radius 3 is 2.68 bits per heavy atom. The number of aromatic nitrogens is 2. The maximum atomic E-state index is 6.17. The smallest absolute Gasteiger partial charge is 0.163 e. The summed E-state index contributed by atoms with van der Waals surface area (Å²) in [5.74, 6) is 1.22. The van der Waals surface area contributed by atoms with Crippen molar-refractivity contribution in [3.8, 4) is 11.4 Å². The molecular formula is C13H13Cl2N3O.